The fraction of sp³-hybridized carbons (Fsp3) is 0.333. The second-order valence-electron chi connectivity index (χ2n) is 5.71. The maximum Gasteiger partial charge on any atom is 0.315 e. The number of nitrogens with zero attached hydrogens (tertiary/aromatic N) is 1. The second kappa shape index (κ2) is 7.29. The summed E-state index contributed by atoms with van der Waals surface area (Å²) >= 11 is 0. The minimum absolute atomic E-state index is 0.0974. The van der Waals surface area contributed by atoms with E-state index in [1.165, 1.54) is 6.07 Å². The fourth-order valence-electron chi connectivity index (χ4n) is 2.91. The minimum Gasteiger partial charge on any atom is -0.490 e. The number of rotatable bonds is 4. The molecule has 2 heterocycles. The molecule has 0 saturated carbocycles. The summed E-state index contributed by atoms with van der Waals surface area (Å²) in [6, 6.07) is 7.89. The Labute approximate surface area is 140 Å². The molecule has 6 heteroatoms. The SMILES string of the molecule is CC[C@@H](NC(=O)N[C@H]1CCOc2c(F)cccc21)c1ccncc1. The monoisotopic (exact) mass is 329 g/mol. The summed E-state index contributed by atoms with van der Waals surface area (Å²) < 4.78 is 19.2. The van der Waals surface area contributed by atoms with E-state index < -0.39 is 5.82 Å². The average molecular weight is 329 g/mol. The molecule has 0 bridgehead atoms. The molecular weight excluding hydrogens is 309 g/mol. The number of ether oxygens (including phenoxy) is 1. The number of para-hydroxylation sites is 1. The van der Waals surface area contributed by atoms with Gasteiger partial charge in [0.25, 0.3) is 0 Å². The number of hydrogen-bond donors (Lipinski definition) is 2. The lowest BCUT2D eigenvalue weighted by molar-refractivity contribution is 0.216. The van der Waals surface area contributed by atoms with E-state index in [2.05, 4.69) is 15.6 Å². The van der Waals surface area contributed by atoms with Crippen LogP contribution in [0.2, 0.25) is 0 Å². The number of fused-ring (bicyclic) bond motifs is 1. The number of carbonyl (C=O) groups excluding carboxylic acids is 1. The summed E-state index contributed by atoms with van der Waals surface area (Å²) in [4.78, 5) is 16.4. The summed E-state index contributed by atoms with van der Waals surface area (Å²) in [7, 11) is 0. The second-order valence-corrected chi connectivity index (χ2v) is 5.71. The van der Waals surface area contributed by atoms with Crippen LogP contribution in [0.4, 0.5) is 9.18 Å². The van der Waals surface area contributed by atoms with Gasteiger partial charge < -0.3 is 15.4 Å². The Morgan fingerprint density at radius 1 is 1.38 bits per heavy atom. The van der Waals surface area contributed by atoms with Crippen LogP contribution in [0.15, 0.2) is 42.7 Å². The first-order valence-corrected chi connectivity index (χ1v) is 8.07. The average Bonchev–Trinajstić information content (AvgIpc) is 2.61. The normalized spacial score (nSPS) is 17.3. The Morgan fingerprint density at radius 3 is 2.92 bits per heavy atom. The van der Waals surface area contributed by atoms with Crippen LogP contribution in [0.5, 0.6) is 5.75 Å². The highest BCUT2D eigenvalue weighted by atomic mass is 19.1. The quantitative estimate of drug-likeness (QED) is 0.902. The number of hydrogen-bond acceptors (Lipinski definition) is 3. The lowest BCUT2D eigenvalue weighted by Gasteiger charge is -2.28. The molecule has 5 nitrogen and oxygen atoms in total. The van der Waals surface area contributed by atoms with Gasteiger partial charge in [0.05, 0.1) is 18.7 Å². The third-order valence-electron chi connectivity index (χ3n) is 4.15. The van der Waals surface area contributed by atoms with Gasteiger partial charge in [-0.1, -0.05) is 19.1 Å². The molecule has 0 radical (unpaired) electrons. The van der Waals surface area contributed by atoms with Crippen molar-refractivity contribution >= 4 is 6.03 Å². The van der Waals surface area contributed by atoms with Crippen molar-refractivity contribution in [3.8, 4) is 5.75 Å². The number of benzene rings is 1. The number of pyridine rings is 1. The maximum absolute atomic E-state index is 13.8. The maximum atomic E-state index is 13.8. The topological polar surface area (TPSA) is 63.2 Å². The van der Waals surface area contributed by atoms with Gasteiger partial charge in [-0.3, -0.25) is 4.98 Å². The zero-order valence-corrected chi connectivity index (χ0v) is 13.5. The Balaban J connectivity index is 1.69. The standard InChI is InChI=1S/C18H20FN3O2/c1-2-15(12-6-9-20-10-7-12)21-18(23)22-16-8-11-24-17-13(16)4-3-5-14(17)19/h3-7,9-10,15-16H,2,8,11H2,1H3,(H2,21,22,23)/t15-,16+/m1/s1. The lowest BCUT2D eigenvalue weighted by Crippen LogP contribution is -2.41. The van der Waals surface area contributed by atoms with Crippen molar-refractivity contribution in [2.24, 2.45) is 0 Å². The van der Waals surface area contributed by atoms with Gasteiger partial charge in [0, 0.05) is 24.4 Å². The molecule has 1 aliphatic rings. The highest BCUT2D eigenvalue weighted by Crippen LogP contribution is 2.34. The zero-order chi connectivity index (χ0) is 16.9. The van der Waals surface area contributed by atoms with Crippen LogP contribution in [0, 0.1) is 5.82 Å². The highest BCUT2D eigenvalue weighted by Gasteiger charge is 2.25. The van der Waals surface area contributed by atoms with E-state index in [4.69, 9.17) is 4.74 Å². The molecule has 24 heavy (non-hydrogen) atoms. The molecule has 1 aliphatic heterocycles. The lowest BCUT2D eigenvalue weighted by atomic mass is 10.0. The Bertz CT molecular complexity index is 709. The van der Waals surface area contributed by atoms with Crippen molar-refractivity contribution in [2.45, 2.75) is 31.8 Å². The Hall–Kier alpha value is -2.63. The number of urea groups is 1. The number of aromatic nitrogens is 1. The Morgan fingerprint density at radius 2 is 2.17 bits per heavy atom. The van der Waals surface area contributed by atoms with E-state index in [-0.39, 0.29) is 23.9 Å². The molecule has 1 aromatic carbocycles. The smallest absolute Gasteiger partial charge is 0.315 e. The molecule has 2 N–H and O–H groups in total. The van der Waals surface area contributed by atoms with Crippen LogP contribution in [0.3, 0.4) is 0 Å². The van der Waals surface area contributed by atoms with Gasteiger partial charge in [0.15, 0.2) is 11.6 Å². The van der Waals surface area contributed by atoms with Crippen molar-refractivity contribution in [3.63, 3.8) is 0 Å². The summed E-state index contributed by atoms with van der Waals surface area (Å²) in [5, 5.41) is 5.89. The van der Waals surface area contributed by atoms with Crippen molar-refractivity contribution in [2.75, 3.05) is 6.61 Å². The van der Waals surface area contributed by atoms with Crippen molar-refractivity contribution in [1.29, 1.82) is 0 Å². The van der Waals surface area contributed by atoms with Crippen molar-refractivity contribution in [1.82, 2.24) is 15.6 Å². The highest BCUT2D eigenvalue weighted by molar-refractivity contribution is 5.75. The van der Waals surface area contributed by atoms with E-state index >= 15 is 0 Å². The van der Waals surface area contributed by atoms with Crippen molar-refractivity contribution in [3.05, 3.63) is 59.7 Å². The molecule has 2 amide bonds. The molecule has 0 fully saturated rings. The number of carbonyl (C=O) groups is 1. The van der Waals surface area contributed by atoms with Crippen LogP contribution in [0.1, 0.15) is 43.0 Å². The van der Waals surface area contributed by atoms with Crippen LogP contribution in [-0.2, 0) is 0 Å². The van der Waals surface area contributed by atoms with E-state index in [0.717, 1.165) is 12.0 Å². The third-order valence-corrected chi connectivity index (χ3v) is 4.15. The van der Waals surface area contributed by atoms with Gasteiger partial charge in [-0.15, -0.1) is 0 Å². The first-order chi connectivity index (χ1) is 11.7. The molecule has 126 valence electrons. The van der Waals surface area contributed by atoms with Crippen LogP contribution in [0.25, 0.3) is 0 Å². The molecule has 3 rings (SSSR count). The van der Waals surface area contributed by atoms with Crippen LogP contribution in [-0.4, -0.2) is 17.6 Å². The number of halogens is 1. The fourth-order valence-corrected chi connectivity index (χ4v) is 2.91. The summed E-state index contributed by atoms with van der Waals surface area (Å²) in [5.41, 5.74) is 1.68. The number of amides is 2. The minimum atomic E-state index is -0.400. The summed E-state index contributed by atoms with van der Waals surface area (Å²) in [6.07, 6.45) is 4.77. The zero-order valence-electron chi connectivity index (χ0n) is 13.5. The predicted octanol–water partition coefficient (Wildman–Crippen LogP) is 3.49. The molecule has 0 saturated heterocycles. The van der Waals surface area contributed by atoms with E-state index in [0.29, 0.717) is 18.6 Å². The molecular formula is C18H20FN3O2. The molecule has 0 aliphatic carbocycles. The van der Waals surface area contributed by atoms with E-state index in [9.17, 15) is 9.18 Å². The number of nitrogens with one attached hydrogen (secondary N) is 2. The molecule has 1 aromatic heterocycles. The van der Waals surface area contributed by atoms with Crippen LogP contribution < -0.4 is 15.4 Å². The largest absolute Gasteiger partial charge is 0.490 e. The van der Waals surface area contributed by atoms with Gasteiger partial charge in [0.1, 0.15) is 0 Å². The van der Waals surface area contributed by atoms with Crippen LogP contribution >= 0.6 is 0 Å². The van der Waals surface area contributed by atoms with Gasteiger partial charge in [-0.05, 0) is 30.2 Å². The van der Waals surface area contributed by atoms with Crippen molar-refractivity contribution < 1.29 is 13.9 Å². The summed E-state index contributed by atoms with van der Waals surface area (Å²) in [6.45, 7) is 2.38. The predicted molar refractivity (Wildman–Crippen MR) is 88.2 cm³/mol. The summed E-state index contributed by atoms with van der Waals surface area (Å²) in [5.74, 6) is -0.169. The first kappa shape index (κ1) is 16.2. The third kappa shape index (κ3) is 3.48. The molecule has 0 spiro atoms. The van der Waals surface area contributed by atoms with Gasteiger partial charge in [-0.25, -0.2) is 9.18 Å². The molecule has 0 unspecified atom stereocenters. The van der Waals surface area contributed by atoms with Gasteiger partial charge in [0.2, 0.25) is 0 Å². The van der Waals surface area contributed by atoms with Gasteiger partial charge in [-0.2, -0.15) is 0 Å². The Kier molecular flexibility index (Phi) is 4.93. The van der Waals surface area contributed by atoms with E-state index in [1.807, 2.05) is 19.1 Å². The van der Waals surface area contributed by atoms with E-state index in [1.54, 1.807) is 24.5 Å². The molecule has 2 atom stereocenters. The molecule has 2 aromatic rings. The first-order valence-electron chi connectivity index (χ1n) is 8.07. The van der Waals surface area contributed by atoms with Gasteiger partial charge >= 0.3 is 6.03 Å².